The third-order valence-electron chi connectivity index (χ3n) is 5.16. The molecule has 114 valence electrons. The van der Waals surface area contributed by atoms with Crippen LogP contribution in [0.3, 0.4) is 0 Å². The van der Waals surface area contributed by atoms with E-state index in [2.05, 4.69) is 4.90 Å². The Bertz CT molecular complexity index is 527. The second-order valence-corrected chi connectivity index (χ2v) is 6.50. The molecule has 21 heavy (non-hydrogen) atoms. The van der Waals surface area contributed by atoms with E-state index >= 15 is 0 Å². The number of nitrogens with zero attached hydrogens (tertiary/aromatic N) is 1. The van der Waals surface area contributed by atoms with E-state index in [0.29, 0.717) is 11.3 Å². The maximum atomic E-state index is 11.2. The summed E-state index contributed by atoms with van der Waals surface area (Å²) >= 11 is 0. The Morgan fingerprint density at radius 1 is 1.19 bits per heavy atom. The molecule has 4 nitrogen and oxygen atoms in total. The van der Waals surface area contributed by atoms with Crippen LogP contribution < -0.4 is 11.5 Å². The Hall–Kier alpha value is -1.55. The number of nitrogens with two attached hydrogens (primary N) is 2. The van der Waals surface area contributed by atoms with E-state index in [-0.39, 0.29) is 0 Å². The normalized spacial score (nSPS) is 26.3. The quantitative estimate of drug-likeness (QED) is 0.839. The lowest BCUT2D eigenvalue weighted by molar-refractivity contribution is 0.0548. The summed E-state index contributed by atoms with van der Waals surface area (Å²) in [4.78, 5) is 13.8. The smallest absolute Gasteiger partial charge is 0.248 e. The molecule has 1 aromatic rings. The first-order valence-electron chi connectivity index (χ1n) is 8.07. The first-order chi connectivity index (χ1) is 10.1. The number of likely N-dealkylation sites (tertiary alicyclic amines) is 1. The van der Waals surface area contributed by atoms with Crippen molar-refractivity contribution < 1.29 is 4.79 Å². The van der Waals surface area contributed by atoms with Gasteiger partial charge >= 0.3 is 0 Å². The van der Waals surface area contributed by atoms with Gasteiger partial charge < -0.3 is 11.5 Å². The van der Waals surface area contributed by atoms with Crippen LogP contribution in [0.4, 0.5) is 5.69 Å². The molecule has 1 aliphatic carbocycles. The molecular formula is C17H25N3O. The third-order valence-corrected chi connectivity index (χ3v) is 5.16. The zero-order valence-corrected chi connectivity index (χ0v) is 12.6. The molecule has 2 unspecified atom stereocenters. The lowest BCUT2D eigenvalue weighted by Crippen LogP contribution is -2.46. The molecule has 0 spiro atoms. The van der Waals surface area contributed by atoms with Crippen molar-refractivity contribution in [1.82, 2.24) is 4.90 Å². The number of primary amides is 1. The van der Waals surface area contributed by atoms with Gasteiger partial charge in [0.25, 0.3) is 0 Å². The Morgan fingerprint density at radius 2 is 1.95 bits per heavy atom. The molecule has 1 aromatic carbocycles. The summed E-state index contributed by atoms with van der Waals surface area (Å²) in [6.45, 7) is 2.06. The number of anilines is 1. The van der Waals surface area contributed by atoms with Crippen LogP contribution >= 0.6 is 0 Å². The zero-order valence-electron chi connectivity index (χ0n) is 12.6. The molecule has 0 radical (unpaired) electrons. The van der Waals surface area contributed by atoms with Crippen molar-refractivity contribution in [1.29, 1.82) is 0 Å². The zero-order chi connectivity index (χ0) is 14.8. The van der Waals surface area contributed by atoms with E-state index in [0.717, 1.165) is 30.6 Å². The summed E-state index contributed by atoms with van der Waals surface area (Å²) in [5, 5.41) is 0. The maximum Gasteiger partial charge on any atom is 0.248 e. The third kappa shape index (κ3) is 3.05. The minimum atomic E-state index is -0.418. The minimum Gasteiger partial charge on any atom is -0.398 e. The van der Waals surface area contributed by atoms with Gasteiger partial charge in [-0.25, -0.2) is 0 Å². The van der Waals surface area contributed by atoms with Crippen molar-refractivity contribution in [3.05, 3.63) is 29.3 Å². The van der Waals surface area contributed by atoms with Gasteiger partial charge in [0.1, 0.15) is 0 Å². The molecule has 1 amide bonds. The van der Waals surface area contributed by atoms with Crippen molar-refractivity contribution in [2.75, 3.05) is 12.3 Å². The highest BCUT2D eigenvalue weighted by atomic mass is 16.1. The molecule has 1 saturated heterocycles. The monoisotopic (exact) mass is 287 g/mol. The first-order valence-corrected chi connectivity index (χ1v) is 8.07. The maximum absolute atomic E-state index is 11.2. The van der Waals surface area contributed by atoms with E-state index in [1.807, 2.05) is 6.07 Å². The molecule has 0 aromatic heterocycles. The number of hydrogen-bond acceptors (Lipinski definition) is 3. The van der Waals surface area contributed by atoms with Gasteiger partial charge in [-0.1, -0.05) is 18.9 Å². The lowest BCUT2D eigenvalue weighted by Gasteiger charge is -2.44. The van der Waals surface area contributed by atoms with Crippen molar-refractivity contribution in [3.63, 3.8) is 0 Å². The molecule has 4 N–H and O–H groups in total. The van der Waals surface area contributed by atoms with Crippen LogP contribution in [0.15, 0.2) is 18.2 Å². The summed E-state index contributed by atoms with van der Waals surface area (Å²) in [7, 11) is 0. The predicted molar refractivity (Wildman–Crippen MR) is 84.8 cm³/mol. The Balaban J connectivity index is 1.74. The number of amides is 1. The SMILES string of the molecule is NC(=O)c1ccc(CN2CCCC3CCCCC32)c(N)c1. The van der Waals surface area contributed by atoms with Crippen LogP contribution in [0.1, 0.15) is 54.4 Å². The molecule has 1 aliphatic heterocycles. The van der Waals surface area contributed by atoms with Gasteiger partial charge in [0.15, 0.2) is 0 Å². The molecule has 2 aliphatic rings. The van der Waals surface area contributed by atoms with Gasteiger partial charge in [-0.2, -0.15) is 0 Å². The summed E-state index contributed by atoms with van der Waals surface area (Å²) in [5.41, 5.74) is 13.7. The number of carbonyl (C=O) groups is 1. The number of carbonyl (C=O) groups excluding carboxylic acids is 1. The molecule has 3 rings (SSSR count). The molecule has 2 fully saturated rings. The molecule has 0 bridgehead atoms. The molecule has 1 saturated carbocycles. The Labute approximate surface area is 126 Å². The fourth-order valence-electron chi connectivity index (χ4n) is 4.04. The summed E-state index contributed by atoms with van der Waals surface area (Å²) in [5.74, 6) is 0.456. The van der Waals surface area contributed by atoms with Gasteiger partial charge in [-0.15, -0.1) is 0 Å². The van der Waals surface area contributed by atoms with Crippen LogP contribution in [0, 0.1) is 5.92 Å². The second kappa shape index (κ2) is 6.06. The number of hydrogen-bond donors (Lipinski definition) is 2. The van der Waals surface area contributed by atoms with Crippen molar-refractivity contribution in [2.24, 2.45) is 11.7 Å². The van der Waals surface area contributed by atoms with Gasteiger partial charge in [-0.05, 0) is 55.8 Å². The summed E-state index contributed by atoms with van der Waals surface area (Å²) in [6.07, 6.45) is 8.14. The average Bonchev–Trinajstić information content (AvgIpc) is 2.49. The van der Waals surface area contributed by atoms with E-state index in [1.54, 1.807) is 12.1 Å². The van der Waals surface area contributed by atoms with E-state index in [1.165, 1.54) is 38.5 Å². The highest BCUT2D eigenvalue weighted by molar-refractivity contribution is 5.93. The molecule has 1 heterocycles. The standard InChI is InChI=1S/C17H25N3O/c18-15-10-13(17(19)21)7-8-14(15)11-20-9-3-5-12-4-1-2-6-16(12)20/h7-8,10,12,16H,1-6,9,11,18H2,(H2,19,21). The largest absolute Gasteiger partial charge is 0.398 e. The van der Waals surface area contributed by atoms with E-state index in [4.69, 9.17) is 11.5 Å². The van der Waals surface area contributed by atoms with Crippen LogP contribution in [0.2, 0.25) is 0 Å². The van der Waals surface area contributed by atoms with Crippen molar-refractivity contribution in [3.8, 4) is 0 Å². The van der Waals surface area contributed by atoms with Gasteiger partial charge in [-0.3, -0.25) is 9.69 Å². The Morgan fingerprint density at radius 3 is 2.71 bits per heavy atom. The Kier molecular flexibility index (Phi) is 4.15. The molecule has 2 atom stereocenters. The number of nitrogen functional groups attached to an aromatic ring is 1. The average molecular weight is 287 g/mol. The highest BCUT2D eigenvalue weighted by Gasteiger charge is 2.33. The number of fused-ring (bicyclic) bond motifs is 1. The molecule has 4 heteroatoms. The van der Waals surface area contributed by atoms with Gasteiger partial charge in [0, 0.05) is 23.8 Å². The number of benzene rings is 1. The van der Waals surface area contributed by atoms with Crippen molar-refractivity contribution >= 4 is 11.6 Å². The summed E-state index contributed by atoms with van der Waals surface area (Å²) in [6, 6.07) is 6.18. The van der Waals surface area contributed by atoms with Crippen LogP contribution in [0.25, 0.3) is 0 Å². The van der Waals surface area contributed by atoms with Crippen LogP contribution in [-0.2, 0) is 6.54 Å². The van der Waals surface area contributed by atoms with Gasteiger partial charge in [0.05, 0.1) is 0 Å². The van der Waals surface area contributed by atoms with Gasteiger partial charge in [0.2, 0.25) is 5.91 Å². The van der Waals surface area contributed by atoms with E-state index in [9.17, 15) is 4.79 Å². The fourth-order valence-corrected chi connectivity index (χ4v) is 4.04. The highest BCUT2D eigenvalue weighted by Crippen LogP contribution is 2.36. The van der Waals surface area contributed by atoms with Crippen molar-refractivity contribution in [2.45, 2.75) is 51.1 Å². The topological polar surface area (TPSA) is 72.4 Å². The van der Waals surface area contributed by atoms with Crippen LogP contribution in [-0.4, -0.2) is 23.4 Å². The van der Waals surface area contributed by atoms with E-state index < -0.39 is 5.91 Å². The predicted octanol–water partition coefficient (Wildman–Crippen LogP) is 2.52. The molecular weight excluding hydrogens is 262 g/mol. The number of piperidine rings is 1. The first kappa shape index (κ1) is 14.4. The second-order valence-electron chi connectivity index (χ2n) is 6.50. The van der Waals surface area contributed by atoms with Crippen LogP contribution in [0.5, 0.6) is 0 Å². The lowest BCUT2D eigenvalue weighted by atomic mass is 9.78. The minimum absolute atomic E-state index is 0.418. The summed E-state index contributed by atoms with van der Waals surface area (Å²) < 4.78 is 0. The fraction of sp³-hybridized carbons (Fsp3) is 0.588. The number of rotatable bonds is 3.